The molecule has 0 atom stereocenters. The first-order chi connectivity index (χ1) is 12.2. The molecule has 0 unspecified atom stereocenters. The van der Waals surface area contributed by atoms with Crippen LogP contribution < -0.4 is 11.5 Å². The Hall–Kier alpha value is -3.19. The maximum atomic E-state index is 7.55. The third kappa shape index (κ3) is 2.74. The molecule has 25 heavy (non-hydrogen) atoms. The lowest BCUT2D eigenvalue weighted by atomic mass is 10.2. The van der Waals surface area contributed by atoms with E-state index in [4.69, 9.17) is 21.9 Å². The topological polar surface area (TPSA) is 122 Å². The predicted octanol–water partition coefficient (Wildman–Crippen LogP) is 1.75. The standard InChI is InChI=1S/C18H19N7/c19-7-8-25-15-4-2-1-3-13(15)24-17(25)10-16-22-12-6-5-11(18(20)21)9-14(12)23-16/h1-6,9H,7-8,10,19H2,(H3,20,21)(H,22,23). The molecule has 0 aliphatic heterocycles. The lowest BCUT2D eigenvalue weighted by Crippen LogP contribution is -2.13. The molecule has 0 saturated heterocycles. The van der Waals surface area contributed by atoms with E-state index in [1.165, 1.54) is 0 Å². The summed E-state index contributed by atoms with van der Waals surface area (Å²) in [5.41, 5.74) is 15.8. The highest BCUT2D eigenvalue weighted by atomic mass is 15.1. The zero-order valence-electron chi connectivity index (χ0n) is 13.7. The second kappa shape index (κ2) is 6.03. The van der Waals surface area contributed by atoms with E-state index in [1.54, 1.807) is 6.07 Å². The monoisotopic (exact) mass is 333 g/mol. The number of imidazole rings is 2. The first kappa shape index (κ1) is 15.3. The van der Waals surface area contributed by atoms with Gasteiger partial charge in [0.2, 0.25) is 0 Å². The van der Waals surface area contributed by atoms with Gasteiger partial charge in [-0.1, -0.05) is 12.1 Å². The average molecular weight is 333 g/mol. The number of hydrogen-bond acceptors (Lipinski definition) is 4. The van der Waals surface area contributed by atoms with Gasteiger partial charge < -0.3 is 21.0 Å². The summed E-state index contributed by atoms with van der Waals surface area (Å²) in [4.78, 5) is 12.7. The molecule has 4 aromatic rings. The molecule has 0 fully saturated rings. The van der Waals surface area contributed by atoms with Gasteiger partial charge in [0.1, 0.15) is 17.5 Å². The van der Waals surface area contributed by atoms with Crippen molar-refractivity contribution in [2.75, 3.05) is 6.54 Å². The van der Waals surface area contributed by atoms with Crippen LogP contribution in [0.4, 0.5) is 0 Å². The summed E-state index contributed by atoms with van der Waals surface area (Å²) in [5, 5.41) is 7.55. The van der Waals surface area contributed by atoms with Crippen molar-refractivity contribution in [3.63, 3.8) is 0 Å². The maximum absolute atomic E-state index is 7.55. The van der Waals surface area contributed by atoms with Crippen LogP contribution in [-0.4, -0.2) is 31.9 Å². The average Bonchev–Trinajstić information content (AvgIpc) is 3.16. The Morgan fingerprint density at radius 3 is 2.76 bits per heavy atom. The summed E-state index contributed by atoms with van der Waals surface area (Å²) >= 11 is 0. The van der Waals surface area contributed by atoms with Gasteiger partial charge >= 0.3 is 0 Å². The second-order valence-corrected chi connectivity index (χ2v) is 5.96. The highest BCUT2D eigenvalue weighted by molar-refractivity contribution is 5.97. The minimum atomic E-state index is 0.0442. The number of nitrogens with two attached hydrogens (primary N) is 2. The van der Waals surface area contributed by atoms with Crippen molar-refractivity contribution in [2.24, 2.45) is 11.5 Å². The van der Waals surface area contributed by atoms with Gasteiger partial charge in [-0.05, 0) is 30.3 Å². The fourth-order valence-corrected chi connectivity index (χ4v) is 3.10. The number of nitrogen functional groups attached to an aromatic ring is 1. The summed E-state index contributed by atoms with van der Waals surface area (Å²) in [6.07, 6.45) is 0.582. The van der Waals surface area contributed by atoms with Crippen LogP contribution in [0.25, 0.3) is 22.1 Å². The van der Waals surface area contributed by atoms with E-state index in [1.807, 2.05) is 30.3 Å². The Morgan fingerprint density at radius 2 is 1.96 bits per heavy atom. The highest BCUT2D eigenvalue weighted by Crippen LogP contribution is 2.19. The van der Waals surface area contributed by atoms with Crippen molar-refractivity contribution >= 4 is 27.9 Å². The lowest BCUT2D eigenvalue weighted by molar-refractivity contribution is 0.685. The van der Waals surface area contributed by atoms with Crippen molar-refractivity contribution in [2.45, 2.75) is 13.0 Å². The number of rotatable bonds is 5. The molecule has 0 radical (unpaired) electrons. The van der Waals surface area contributed by atoms with Crippen LogP contribution in [0.15, 0.2) is 42.5 Å². The van der Waals surface area contributed by atoms with Crippen LogP contribution in [0.5, 0.6) is 0 Å². The largest absolute Gasteiger partial charge is 0.384 e. The van der Waals surface area contributed by atoms with Gasteiger partial charge in [-0.15, -0.1) is 0 Å². The maximum Gasteiger partial charge on any atom is 0.122 e. The van der Waals surface area contributed by atoms with Crippen molar-refractivity contribution < 1.29 is 0 Å². The van der Waals surface area contributed by atoms with Crippen LogP contribution in [0.2, 0.25) is 0 Å². The number of aromatic amines is 1. The van der Waals surface area contributed by atoms with E-state index in [9.17, 15) is 0 Å². The summed E-state index contributed by atoms with van der Waals surface area (Å²) in [7, 11) is 0. The molecule has 7 heteroatoms. The Bertz CT molecular complexity index is 1070. The molecule has 2 aromatic carbocycles. The Morgan fingerprint density at radius 1 is 1.12 bits per heavy atom. The number of para-hydroxylation sites is 2. The van der Waals surface area contributed by atoms with Crippen LogP contribution in [0.1, 0.15) is 17.2 Å². The van der Waals surface area contributed by atoms with Crippen molar-refractivity contribution in [1.82, 2.24) is 19.5 Å². The van der Waals surface area contributed by atoms with E-state index < -0.39 is 0 Å². The van der Waals surface area contributed by atoms with Gasteiger partial charge in [0, 0.05) is 18.7 Å². The SMILES string of the molecule is N=C(N)c1ccc2nc(Cc3nc4ccccc4n3CCN)[nH]c2c1. The molecule has 0 aliphatic carbocycles. The first-order valence-electron chi connectivity index (χ1n) is 8.13. The first-order valence-corrected chi connectivity index (χ1v) is 8.13. The quantitative estimate of drug-likeness (QED) is 0.328. The molecule has 0 saturated carbocycles. The highest BCUT2D eigenvalue weighted by Gasteiger charge is 2.13. The molecule has 0 aliphatic rings. The normalized spacial score (nSPS) is 11.4. The van der Waals surface area contributed by atoms with E-state index in [-0.39, 0.29) is 5.84 Å². The number of benzene rings is 2. The molecule has 126 valence electrons. The number of hydrogen-bond donors (Lipinski definition) is 4. The van der Waals surface area contributed by atoms with Crippen LogP contribution in [0.3, 0.4) is 0 Å². The van der Waals surface area contributed by atoms with Crippen LogP contribution >= 0.6 is 0 Å². The summed E-state index contributed by atoms with van der Waals surface area (Å²) < 4.78 is 2.14. The lowest BCUT2D eigenvalue weighted by Gasteiger charge is -2.06. The minimum absolute atomic E-state index is 0.0442. The van der Waals surface area contributed by atoms with Gasteiger partial charge in [0.25, 0.3) is 0 Å². The summed E-state index contributed by atoms with van der Waals surface area (Å²) in [5.74, 6) is 1.80. The number of H-pyrrole nitrogens is 1. The fourth-order valence-electron chi connectivity index (χ4n) is 3.10. The molecular formula is C18H19N7. The molecule has 4 rings (SSSR count). The predicted molar refractivity (Wildman–Crippen MR) is 98.7 cm³/mol. The van der Waals surface area contributed by atoms with E-state index in [0.717, 1.165) is 33.7 Å². The molecule has 2 heterocycles. The van der Waals surface area contributed by atoms with E-state index in [0.29, 0.717) is 25.1 Å². The van der Waals surface area contributed by atoms with Gasteiger partial charge in [0.15, 0.2) is 0 Å². The van der Waals surface area contributed by atoms with Crippen molar-refractivity contribution in [3.8, 4) is 0 Å². The van der Waals surface area contributed by atoms with E-state index >= 15 is 0 Å². The number of aromatic nitrogens is 4. The minimum Gasteiger partial charge on any atom is -0.384 e. The fraction of sp³-hybridized carbons (Fsp3) is 0.167. The van der Waals surface area contributed by atoms with Crippen LogP contribution in [0, 0.1) is 5.41 Å². The van der Waals surface area contributed by atoms with E-state index in [2.05, 4.69) is 20.6 Å². The Labute approximate surface area is 144 Å². The summed E-state index contributed by atoms with van der Waals surface area (Å²) in [6, 6.07) is 13.6. The molecule has 2 aromatic heterocycles. The van der Waals surface area contributed by atoms with Crippen LogP contribution in [-0.2, 0) is 13.0 Å². The van der Waals surface area contributed by atoms with Gasteiger partial charge in [-0.3, -0.25) is 5.41 Å². The molecule has 0 spiro atoms. The Balaban J connectivity index is 1.74. The van der Waals surface area contributed by atoms with Crippen molar-refractivity contribution in [1.29, 1.82) is 5.41 Å². The third-order valence-corrected chi connectivity index (χ3v) is 4.25. The number of fused-ring (bicyclic) bond motifs is 2. The van der Waals surface area contributed by atoms with Gasteiger partial charge in [0.05, 0.1) is 28.5 Å². The molecule has 0 bridgehead atoms. The second-order valence-electron chi connectivity index (χ2n) is 5.96. The molecule has 0 amide bonds. The van der Waals surface area contributed by atoms with Gasteiger partial charge in [-0.2, -0.15) is 0 Å². The zero-order chi connectivity index (χ0) is 17.4. The molecule has 6 N–H and O–H groups in total. The number of nitrogens with one attached hydrogen (secondary N) is 2. The smallest absolute Gasteiger partial charge is 0.122 e. The zero-order valence-corrected chi connectivity index (χ0v) is 13.7. The summed E-state index contributed by atoms with van der Waals surface area (Å²) in [6.45, 7) is 1.26. The van der Waals surface area contributed by atoms with Gasteiger partial charge in [-0.25, -0.2) is 9.97 Å². The third-order valence-electron chi connectivity index (χ3n) is 4.25. The number of amidine groups is 1. The number of nitrogens with zero attached hydrogens (tertiary/aromatic N) is 3. The van der Waals surface area contributed by atoms with Crippen molar-refractivity contribution in [3.05, 3.63) is 59.7 Å². The molecular weight excluding hydrogens is 314 g/mol. The molecule has 7 nitrogen and oxygen atoms in total. The Kier molecular flexibility index (Phi) is 3.70.